The summed E-state index contributed by atoms with van der Waals surface area (Å²) >= 11 is 0. The number of aliphatic carboxylic acids is 1. The third-order valence-electron chi connectivity index (χ3n) is 2.52. The second-order valence-electron chi connectivity index (χ2n) is 3.26. The number of carbonyl (C=O) groups is 1. The van der Waals surface area contributed by atoms with Crippen LogP contribution in [0.3, 0.4) is 0 Å². The lowest BCUT2D eigenvalue weighted by Crippen LogP contribution is -2.17. The summed E-state index contributed by atoms with van der Waals surface area (Å²) in [6, 6.07) is 2.01. The first-order valence-electron chi connectivity index (χ1n) is 3.11. The van der Waals surface area contributed by atoms with E-state index in [2.05, 4.69) is 0 Å². The molecule has 1 rings (SSSR count). The minimum Gasteiger partial charge on any atom is -0.481 e. The highest BCUT2D eigenvalue weighted by molar-refractivity contribution is 5.80. The van der Waals surface area contributed by atoms with Crippen LogP contribution in [-0.4, -0.2) is 11.1 Å². The van der Waals surface area contributed by atoms with Gasteiger partial charge in [0.25, 0.3) is 0 Å². The highest BCUT2D eigenvalue weighted by Gasteiger charge is 2.67. The lowest BCUT2D eigenvalue weighted by molar-refractivity contribution is -0.143. The fraction of sp³-hybridized carbons (Fsp3) is 0.714. The van der Waals surface area contributed by atoms with Gasteiger partial charge in [-0.05, 0) is 20.3 Å². The second-order valence-corrected chi connectivity index (χ2v) is 3.26. The molecule has 1 aliphatic carbocycles. The van der Waals surface area contributed by atoms with Crippen molar-refractivity contribution < 1.29 is 9.90 Å². The molecule has 0 unspecified atom stereocenters. The Labute approximate surface area is 59.3 Å². The lowest BCUT2D eigenvalue weighted by Gasteiger charge is -2.04. The van der Waals surface area contributed by atoms with Crippen LogP contribution in [0.25, 0.3) is 0 Å². The summed E-state index contributed by atoms with van der Waals surface area (Å²) in [5.41, 5.74) is -1.42. The molecule has 0 aromatic rings. The van der Waals surface area contributed by atoms with Crippen molar-refractivity contribution in [2.24, 2.45) is 10.8 Å². The topological polar surface area (TPSA) is 61.1 Å². The zero-order valence-electron chi connectivity index (χ0n) is 6.01. The standard InChI is InChI=1S/C7H9NO2/c1-6(4-8)3-7(6,2)5(9)10/h3H2,1-2H3,(H,9,10)/t6-,7-/m1/s1. The van der Waals surface area contributed by atoms with Crippen LogP contribution in [-0.2, 0) is 4.79 Å². The summed E-state index contributed by atoms with van der Waals surface area (Å²) in [5, 5.41) is 17.2. The monoisotopic (exact) mass is 139 g/mol. The van der Waals surface area contributed by atoms with Gasteiger partial charge < -0.3 is 5.11 Å². The largest absolute Gasteiger partial charge is 0.481 e. The van der Waals surface area contributed by atoms with E-state index in [0.29, 0.717) is 6.42 Å². The number of carboxylic acid groups (broad SMARTS) is 1. The van der Waals surface area contributed by atoms with E-state index in [9.17, 15) is 4.79 Å². The van der Waals surface area contributed by atoms with E-state index in [4.69, 9.17) is 10.4 Å². The van der Waals surface area contributed by atoms with E-state index in [1.54, 1.807) is 13.8 Å². The average Bonchev–Trinajstić information content (AvgIpc) is 2.39. The first-order chi connectivity index (χ1) is 4.46. The van der Waals surface area contributed by atoms with Gasteiger partial charge in [-0.2, -0.15) is 5.26 Å². The highest BCUT2D eigenvalue weighted by Crippen LogP contribution is 2.63. The van der Waals surface area contributed by atoms with Crippen molar-refractivity contribution in [3.05, 3.63) is 0 Å². The third kappa shape index (κ3) is 0.563. The molecule has 0 aromatic heterocycles. The van der Waals surface area contributed by atoms with Crippen LogP contribution in [0.4, 0.5) is 0 Å². The van der Waals surface area contributed by atoms with E-state index in [0.717, 1.165) is 0 Å². The number of nitriles is 1. The Morgan fingerprint density at radius 2 is 2.20 bits per heavy atom. The van der Waals surface area contributed by atoms with Crippen LogP contribution in [0, 0.1) is 22.2 Å². The molecule has 10 heavy (non-hydrogen) atoms. The van der Waals surface area contributed by atoms with Crippen LogP contribution in [0.15, 0.2) is 0 Å². The maximum absolute atomic E-state index is 10.5. The molecule has 54 valence electrons. The molecule has 0 spiro atoms. The molecule has 0 saturated heterocycles. The highest BCUT2D eigenvalue weighted by atomic mass is 16.4. The van der Waals surface area contributed by atoms with Crippen molar-refractivity contribution in [2.75, 3.05) is 0 Å². The van der Waals surface area contributed by atoms with Crippen molar-refractivity contribution in [3.8, 4) is 6.07 Å². The van der Waals surface area contributed by atoms with E-state index in [1.165, 1.54) is 0 Å². The van der Waals surface area contributed by atoms with Gasteiger partial charge in [0.2, 0.25) is 0 Å². The minimum absolute atomic E-state index is 0.478. The SMILES string of the molecule is C[C@]1(C#N)C[C@]1(C)C(=O)O. The summed E-state index contributed by atoms with van der Waals surface area (Å²) < 4.78 is 0. The molecule has 1 saturated carbocycles. The molecule has 0 amide bonds. The van der Waals surface area contributed by atoms with Crippen molar-refractivity contribution in [1.82, 2.24) is 0 Å². The molecular formula is C7H9NO2. The first-order valence-corrected chi connectivity index (χ1v) is 3.11. The first kappa shape index (κ1) is 7.07. The van der Waals surface area contributed by atoms with Gasteiger partial charge in [-0.15, -0.1) is 0 Å². The Bertz CT molecular complexity index is 230. The fourth-order valence-corrected chi connectivity index (χ4v) is 1.14. The zero-order valence-corrected chi connectivity index (χ0v) is 6.01. The van der Waals surface area contributed by atoms with Gasteiger partial charge in [-0.3, -0.25) is 4.79 Å². The summed E-state index contributed by atoms with van der Waals surface area (Å²) in [7, 11) is 0. The number of hydrogen-bond donors (Lipinski definition) is 1. The Morgan fingerprint density at radius 3 is 2.30 bits per heavy atom. The average molecular weight is 139 g/mol. The normalized spacial score (nSPS) is 44.1. The number of carboxylic acids is 1. The van der Waals surface area contributed by atoms with Crippen molar-refractivity contribution >= 4 is 5.97 Å². The van der Waals surface area contributed by atoms with E-state index >= 15 is 0 Å². The van der Waals surface area contributed by atoms with Crippen LogP contribution in [0.5, 0.6) is 0 Å². The molecule has 1 fully saturated rings. The van der Waals surface area contributed by atoms with Crippen molar-refractivity contribution in [1.29, 1.82) is 5.26 Å². The molecule has 1 N–H and O–H groups in total. The maximum Gasteiger partial charge on any atom is 0.311 e. The fourth-order valence-electron chi connectivity index (χ4n) is 1.14. The van der Waals surface area contributed by atoms with Gasteiger partial charge in [0.1, 0.15) is 0 Å². The van der Waals surface area contributed by atoms with Crippen molar-refractivity contribution in [3.63, 3.8) is 0 Å². The molecule has 0 aromatic carbocycles. The molecule has 1 aliphatic rings. The minimum atomic E-state index is -0.864. The van der Waals surface area contributed by atoms with Crippen LogP contribution >= 0.6 is 0 Å². The Kier molecular flexibility index (Phi) is 1.07. The maximum atomic E-state index is 10.5. The number of rotatable bonds is 1. The van der Waals surface area contributed by atoms with E-state index < -0.39 is 16.8 Å². The molecule has 0 heterocycles. The molecule has 0 radical (unpaired) electrons. The summed E-state index contributed by atoms with van der Waals surface area (Å²) in [5.74, 6) is -0.864. The van der Waals surface area contributed by atoms with Gasteiger partial charge in [0.15, 0.2) is 0 Å². The van der Waals surface area contributed by atoms with Gasteiger partial charge in [-0.1, -0.05) is 0 Å². The van der Waals surface area contributed by atoms with Gasteiger partial charge in [0.05, 0.1) is 16.9 Å². The molecule has 2 atom stereocenters. The van der Waals surface area contributed by atoms with E-state index in [1.807, 2.05) is 6.07 Å². The number of nitrogens with zero attached hydrogens (tertiary/aromatic N) is 1. The van der Waals surface area contributed by atoms with Crippen LogP contribution < -0.4 is 0 Å². The number of hydrogen-bond acceptors (Lipinski definition) is 2. The quantitative estimate of drug-likeness (QED) is 0.589. The smallest absolute Gasteiger partial charge is 0.311 e. The Hall–Kier alpha value is -1.04. The zero-order chi connectivity index (χ0) is 7.99. The van der Waals surface area contributed by atoms with Gasteiger partial charge >= 0.3 is 5.97 Å². The third-order valence-corrected chi connectivity index (χ3v) is 2.52. The molecule has 3 nitrogen and oxygen atoms in total. The van der Waals surface area contributed by atoms with Crippen LogP contribution in [0.2, 0.25) is 0 Å². The summed E-state index contributed by atoms with van der Waals surface area (Å²) in [4.78, 5) is 10.5. The molecular weight excluding hydrogens is 130 g/mol. The molecule has 3 heteroatoms. The molecule has 0 aliphatic heterocycles. The summed E-state index contributed by atoms with van der Waals surface area (Å²) in [6.45, 7) is 3.29. The predicted octanol–water partition coefficient (Wildman–Crippen LogP) is 1.01. The Morgan fingerprint density at radius 1 is 1.70 bits per heavy atom. The van der Waals surface area contributed by atoms with Gasteiger partial charge in [-0.25, -0.2) is 0 Å². The van der Waals surface area contributed by atoms with Gasteiger partial charge in [0, 0.05) is 0 Å². The summed E-state index contributed by atoms with van der Waals surface area (Å²) in [6.07, 6.45) is 0.478. The lowest BCUT2D eigenvalue weighted by atomic mass is 9.98. The second kappa shape index (κ2) is 1.51. The van der Waals surface area contributed by atoms with Crippen LogP contribution in [0.1, 0.15) is 20.3 Å². The van der Waals surface area contributed by atoms with E-state index in [-0.39, 0.29) is 0 Å². The Balaban J connectivity index is 2.85. The molecule has 0 bridgehead atoms. The predicted molar refractivity (Wildman–Crippen MR) is 34.1 cm³/mol. The van der Waals surface area contributed by atoms with Crippen molar-refractivity contribution in [2.45, 2.75) is 20.3 Å².